The van der Waals surface area contributed by atoms with Crippen LogP contribution in [0, 0.1) is 0 Å². The van der Waals surface area contributed by atoms with Crippen LogP contribution < -0.4 is 5.32 Å². The molecule has 1 rings (SSSR count). The van der Waals surface area contributed by atoms with Gasteiger partial charge in [-0.2, -0.15) is 0 Å². The highest BCUT2D eigenvalue weighted by molar-refractivity contribution is 5.76. The number of rotatable bonds is 6. The molecule has 4 nitrogen and oxygen atoms in total. The van der Waals surface area contributed by atoms with Crippen LogP contribution in [-0.2, 0) is 9.53 Å². The van der Waals surface area contributed by atoms with Gasteiger partial charge in [0.1, 0.15) is 0 Å². The molecule has 2 atom stereocenters. The van der Waals surface area contributed by atoms with Gasteiger partial charge in [-0.25, -0.2) is 0 Å². The first-order chi connectivity index (χ1) is 8.03. The van der Waals surface area contributed by atoms with Crippen LogP contribution in [-0.4, -0.2) is 35.9 Å². The Balaban J connectivity index is 2.20. The van der Waals surface area contributed by atoms with Gasteiger partial charge in [0.05, 0.1) is 18.1 Å². The van der Waals surface area contributed by atoms with Gasteiger partial charge in [0.2, 0.25) is 5.91 Å². The first-order valence-electron chi connectivity index (χ1n) is 6.64. The van der Waals surface area contributed by atoms with Gasteiger partial charge in [-0.15, -0.1) is 0 Å². The molecule has 17 heavy (non-hydrogen) atoms. The first kappa shape index (κ1) is 14.5. The van der Waals surface area contributed by atoms with E-state index in [1.807, 2.05) is 6.92 Å². The van der Waals surface area contributed by atoms with Crippen LogP contribution >= 0.6 is 0 Å². The predicted molar refractivity (Wildman–Crippen MR) is 66.7 cm³/mol. The van der Waals surface area contributed by atoms with Gasteiger partial charge in [-0.3, -0.25) is 4.79 Å². The molecular formula is C13H25NO3. The normalized spacial score (nSPS) is 24.1. The van der Waals surface area contributed by atoms with Crippen LogP contribution in [0.25, 0.3) is 0 Å². The molecule has 1 fully saturated rings. The quantitative estimate of drug-likeness (QED) is 0.745. The van der Waals surface area contributed by atoms with Crippen molar-refractivity contribution >= 4 is 5.91 Å². The largest absolute Gasteiger partial charge is 0.388 e. The molecule has 1 saturated heterocycles. The molecule has 0 aromatic heterocycles. The Hall–Kier alpha value is -0.610. The van der Waals surface area contributed by atoms with Crippen LogP contribution in [0.4, 0.5) is 0 Å². The number of nitrogens with one attached hydrogen (secondary N) is 1. The third-order valence-corrected chi connectivity index (χ3v) is 3.14. The summed E-state index contributed by atoms with van der Waals surface area (Å²) in [6.07, 6.45) is 5.32. The minimum absolute atomic E-state index is 0.0201. The van der Waals surface area contributed by atoms with Crippen molar-refractivity contribution in [2.24, 2.45) is 0 Å². The molecule has 0 spiro atoms. The van der Waals surface area contributed by atoms with E-state index < -0.39 is 5.60 Å². The van der Waals surface area contributed by atoms with Crippen molar-refractivity contribution < 1.29 is 14.6 Å². The van der Waals surface area contributed by atoms with Crippen LogP contribution in [0.2, 0.25) is 0 Å². The molecule has 0 aromatic carbocycles. The predicted octanol–water partition coefficient (Wildman–Crippen LogP) is 1.61. The molecule has 1 amide bonds. The number of carbonyl (C=O) groups excluding carboxylic acids is 1. The molecular weight excluding hydrogens is 218 g/mol. The molecule has 100 valence electrons. The molecule has 0 bridgehead atoms. The second-order valence-electron chi connectivity index (χ2n) is 5.22. The summed E-state index contributed by atoms with van der Waals surface area (Å²) in [5, 5.41) is 12.7. The number of amides is 1. The zero-order chi connectivity index (χ0) is 12.7. The molecule has 0 radical (unpaired) electrons. The lowest BCUT2D eigenvalue weighted by Gasteiger charge is -2.25. The molecule has 0 aromatic rings. The molecule has 1 aliphatic heterocycles. The van der Waals surface area contributed by atoms with Gasteiger partial charge in [-0.05, 0) is 32.6 Å². The van der Waals surface area contributed by atoms with Gasteiger partial charge in [0.15, 0.2) is 0 Å². The minimum Gasteiger partial charge on any atom is -0.388 e. The van der Waals surface area contributed by atoms with Crippen LogP contribution in [0.15, 0.2) is 0 Å². The third-order valence-electron chi connectivity index (χ3n) is 3.14. The Morgan fingerprint density at radius 3 is 2.88 bits per heavy atom. The van der Waals surface area contributed by atoms with E-state index in [1.165, 1.54) is 0 Å². The third kappa shape index (κ3) is 6.03. The summed E-state index contributed by atoms with van der Waals surface area (Å²) in [4.78, 5) is 11.7. The SMILES string of the molecule is CCCC(C)(O)CNC(=O)CC1CCCCO1. The van der Waals surface area contributed by atoms with Crippen molar-refractivity contribution in [1.29, 1.82) is 0 Å². The van der Waals surface area contributed by atoms with E-state index >= 15 is 0 Å². The number of hydrogen-bond donors (Lipinski definition) is 2. The molecule has 0 saturated carbocycles. The maximum atomic E-state index is 11.7. The number of aliphatic hydroxyl groups is 1. The summed E-state index contributed by atoms with van der Waals surface area (Å²) in [5.74, 6) is -0.0201. The van der Waals surface area contributed by atoms with E-state index in [-0.39, 0.29) is 12.0 Å². The van der Waals surface area contributed by atoms with Crippen molar-refractivity contribution in [2.45, 2.75) is 64.1 Å². The number of ether oxygens (including phenoxy) is 1. The maximum Gasteiger partial charge on any atom is 0.222 e. The summed E-state index contributed by atoms with van der Waals surface area (Å²) in [7, 11) is 0. The van der Waals surface area contributed by atoms with Crippen LogP contribution in [0.1, 0.15) is 52.4 Å². The highest BCUT2D eigenvalue weighted by atomic mass is 16.5. The fourth-order valence-corrected chi connectivity index (χ4v) is 2.16. The lowest BCUT2D eigenvalue weighted by atomic mass is 10.0. The maximum absolute atomic E-state index is 11.7. The molecule has 1 aliphatic rings. The minimum atomic E-state index is -0.794. The average molecular weight is 243 g/mol. The van der Waals surface area contributed by atoms with E-state index in [1.54, 1.807) is 6.92 Å². The zero-order valence-electron chi connectivity index (χ0n) is 11.0. The summed E-state index contributed by atoms with van der Waals surface area (Å²) >= 11 is 0. The fraction of sp³-hybridized carbons (Fsp3) is 0.923. The van der Waals surface area contributed by atoms with E-state index in [2.05, 4.69) is 5.32 Å². The Morgan fingerprint density at radius 1 is 1.53 bits per heavy atom. The molecule has 2 unspecified atom stereocenters. The van der Waals surface area contributed by atoms with Crippen LogP contribution in [0.3, 0.4) is 0 Å². The van der Waals surface area contributed by atoms with E-state index in [0.717, 1.165) is 32.3 Å². The van der Waals surface area contributed by atoms with Gasteiger partial charge in [0, 0.05) is 13.2 Å². The van der Waals surface area contributed by atoms with Crippen LogP contribution in [0.5, 0.6) is 0 Å². The summed E-state index contributed by atoms with van der Waals surface area (Å²) in [6, 6.07) is 0. The molecule has 0 aliphatic carbocycles. The molecule has 2 N–H and O–H groups in total. The molecule has 4 heteroatoms. The van der Waals surface area contributed by atoms with E-state index in [0.29, 0.717) is 19.4 Å². The Labute approximate surface area is 104 Å². The highest BCUT2D eigenvalue weighted by Crippen LogP contribution is 2.15. The lowest BCUT2D eigenvalue weighted by molar-refractivity contribution is -0.126. The molecule has 1 heterocycles. The van der Waals surface area contributed by atoms with Crippen molar-refractivity contribution in [3.63, 3.8) is 0 Å². The van der Waals surface area contributed by atoms with Crippen molar-refractivity contribution in [3.8, 4) is 0 Å². The first-order valence-corrected chi connectivity index (χ1v) is 6.64. The van der Waals surface area contributed by atoms with Crippen molar-refractivity contribution in [2.75, 3.05) is 13.2 Å². The average Bonchev–Trinajstić information content (AvgIpc) is 2.28. The lowest BCUT2D eigenvalue weighted by Crippen LogP contribution is -2.41. The number of hydrogen-bond acceptors (Lipinski definition) is 3. The summed E-state index contributed by atoms with van der Waals surface area (Å²) in [6.45, 7) is 4.87. The Bertz CT molecular complexity index is 235. The smallest absolute Gasteiger partial charge is 0.222 e. The Kier molecular flexibility index (Phi) is 5.92. The highest BCUT2D eigenvalue weighted by Gasteiger charge is 2.22. The fourth-order valence-electron chi connectivity index (χ4n) is 2.16. The van der Waals surface area contributed by atoms with Gasteiger partial charge < -0.3 is 15.2 Å². The summed E-state index contributed by atoms with van der Waals surface area (Å²) in [5.41, 5.74) is -0.794. The van der Waals surface area contributed by atoms with Crippen molar-refractivity contribution in [3.05, 3.63) is 0 Å². The van der Waals surface area contributed by atoms with Crippen molar-refractivity contribution in [1.82, 2.24) is 5.32 Å². The monoisotopic (exact) mass is 243 g/mol. The standard InChI is InChI=1S/C13H25NO3/c1-3-7-13(2,16)10-14-12(15)9-11-6-4-5-8-17-11/h11,16H,3-10H2,1-2H3,(H,14,15). The van der Waals surface area contributed by atoms with Gasteiger partial charge >= 0.3 is 0 Å². The Morgan fingerprint density at radius 2 is 2.29 bits per heavy atom. The van der Waals surface area contributed by atoms with E-state index in [9.17, 15) is 9.90 Å². The zero-order valence-corrected chi connectivity index (χ0v) is 11.0. The second-order valence-corrected chi connectivity index (χ2v) is 5.22. The number of carbonyl (C=O) groups is 1. The summed E-state index contributed by atoms with van der Waals surface area (Å²) < 4.78 is 5.50. The van der Waals surface area contributed by atoms with Gasteiger partial charge in [0.25, 0.3) is 0 Å². The second kappa shape index (κ2) is 6.97. The van der Waals surface area contributed by atoms with E-state index in [4.69, 9.17) is 4.74 Å². The van der Waals surface area contributed by atoms with Gasteiger partial charge in [-0.1, -0.05) is 13.3 Å². The topological polar surface area (TPSA) is 58.6 Å².